The van der Waals surface area contributed by atoms with Gasteiger partial charge in [0.25, 0.3) is 0 Å². The Morgan fingerprint density at radius 2 is 1.83 bits per heavy atom. The first kappa shape index (κ1) is 17.0. The van der Waals surface area contributed by atoms with Gasteiger partial charge >= 0.3 is 5.97 Å². The maximum Gasteiger partial charge on any atom is 0.335 e. The molecule has 122 valence electrons. The van der Waals surface area contributed by atoms with Crippen molar-refractivity contribution < 1.29 is 23.1 Å². The van der Waals surface area contributed by atoms with E-state index in [1.54, 1.807) is 24.3 Å². The number of ether oxygens (including phenoxy) is 1. The third-order valence-corrected chi connectivity index (χ3v) is 4.97. The lowest BCUT2D eigenvalue weighted by atomic mass is 10.2. The highest BCUT2D eigenvalue weighted by molar-refractivity contribution is 7.89. The van der Waals surface area contributed by atoms with Crippen molar-refractivity contribution in [3.8, 4) is 5.75 Å². The lowest BCUT2D eigenvalue weighted by Gasteiger charge is -2.12. The SMILES string of the molecule is CN(C)S(=O)(=O)c1cccc(COc2cccc(C(=O)O)c2)c1. The van der Waals surface area contributed by atoms with Crippen LogP contribution in [0.25, 0.3) is 0 Å². The number of sulfonamides is 1. The van der Waals surface area contributed by atoms with Crippen LogP contribution in [0.2, 0.25) is 0 Å². The second kappa shape index (κ2) is 6.80. The predicted molar refractivity (Wildman–Crippen MR) is 85.0 cm³/mol. The number of carbonyl (C=O) groups is 1. The van der Waals surface area contributed by atoms with Crippen LogP contribution < -0.4 is 4.74 Å². The molecular formula is C16H17NO5S. The smallest absolute Gasteiger partial charge is 0.335 e. The third-order valence-electron chi connectivity index (χ3n) is 3.16. The molecule has 0 unspecified atom stereocenters. The number of aromatic carboxylic acids is 1. The number of carboxylic acids is 1. The van der Waals surface area contributed by atoms with Gasteiger partial charge in [0.05, 0.1) is 10.5 Å². The Kier molecular flexibility index (Phi) is 5.02. The standard InChI is InChI=1S/C16H17NO5S/c1-17(2)23(20,21)15-8-3-5-12(9-15)11-22-14-7-4-6-13(10-14)16(18)19/h3-10H,11H2,1-2H3,(H,18,19). The number of benzene rings is 2. The van der Waals surface area contributed by atoms with E-state index in [0.29, 0.717) is 11.3 Å². The number of hydrogen-bond donors (Lipinski definition) is 1. The summed E-state index contributed by atoms with van der Waals surface area (Å²) in [6.07, 6.45) is 0. The van der Waals surface area contributed by atoms with Crippen LogP contribution in [0.3, 0.4) is 0 Å². The van der Waals surface area contributed by atoms with Gasteiger partial charge in [-0.05, 0) is 35.9 Å². The van der Waals surface area contributed by atoms with Gasteiger partial charge in [-0.15, -0.1) is 0 Å². The Labute approximate surface area is 135 Å². The lowest BCUT2D eigenvalue weighted by molar-refractivity contribution is 0.0696. The summed E-state index contributed by atoms with van der Waals surface area (Å²) in [5, 5.41) is 8.95. The number of nitrogens with zero attached hydrogens (tertiary/aromatic N) is 1. The summed E-state index contributed by atoms with van der Waals surface area (Å²) in [7, 11) is -0.564. The highest BCUT2D eigenvalue weighted by Crippen LogP contribution is 2.18. The van der Waals surface area contributed by atoms with Gasteiger partial charge < -0.3 is 9.84 Å². The van der Waals surface area contributed by atoms with E-state index in [9.17, 15) is 13.2 Å². The Balaban J connectivity index is 2.16. The molecule has 0 saturated carbocycles. The third kappa shape index (κ3) is 4.08. The predicted octanol–water partition coefficient (Wildman–Crippen LogP) is 2.21. The summed E-state index contributed by atoms with van der Waals surface area (Å²) in [6, 6.07) is 12.6. The highest BCUT2D eigenvalue weighted by Gasteiger charge is 2.17. The number of carboxylic acid groups (broad SMARTS) is 1. The van der Waals surface area contributed by atoms with Crippen LogP contribution in [-0.2, 0) is 16.6 Å². The van der Waals surface area contributed by atoms with Gasteiger partial charge in [0, 0.05) is 14.1 Å². The monoisotopic (exact) mass is 335 g/mol. The van der Waals surface area contributed by atoms with Crippen LogP contribution in [0.4, 0.5) is 0 Å². The van der Waals surface area contributed by atoms with Crippen LogP contribution in [0.1, 0.15) is 15.9 Å². The summed E-state index contributed by atoms with van der Waals surface area (Å²) in [5.41, 5.74) is 0.806. The van der Waals surface area contributed by atoms with Gasteiger partial charge in [-0.1, -0.05) is 18.2 Å². The molecule has 0 bridgehead atoms. The van der Waals surface area contributed by atoms with E-state index in [2.05, 4.69) is 0 Å². The van der Waals surface area contributed by atoms with E-state index in [1.807, 2.05) is 0 Å². The fourth-order valence-corrected chi connectivity index (χ4v) is 2.86. The molecule has 0 aromatic heterocycles. The van der Waals surface area contributed by atoms with Crippen LogP contribution >= 0.6 is 0 Å². The molecule has 0 saturated heterocycles. The zero-order valence-corrected chi connectivity index (χ0v) is 13.6. The van der Waals surface area contributed by atoms with E-state index >= 15 is 0 Å². The van der Waals surface area contributed by atoms with Crippen molar-refractivity contribution in [1.29, 1.82) is 0 Å². The maximum atomic E-state index is 12.1. The molecule has 0 radical (unpaired) electrons. The molecule has 7 heteroatoms. The van der Waals surface area contributed by atoms with Crippen molar-refractivity contribution >= 4 is 16.0 Å². The van der Waals surface area contributed by atoms with Gasteiger partial charge in [0.1, 0.15) is 12.4 Å². The fourth-order valence-electron chi connectivity index (χ4n) is 1.89. The molecule has 2 aromatic rings. The van der Waals surface area contributed by atoms with Crippen LogP contribution in [0.15, 0.2) is 53.4 Å². The summed E-state index contributed by atoms with van der Waals surface area (Å²) in [5.74, 6) is -0.625. The van der Waals surface area contributed by atoms with Gasteiger partial charge in [-0.25, -0.2) is 17.5 Å². The molecule has 0 aliphatic rings. The Morgan fingerprint density at radius 1 is 1.13 bits per heavy atom. The second-order valence-electron chi connectivity index (χ2n) is 5.06. The molecule has 0 heterocycles. The van der Waals surface area contributed by atoms with Crippen LogP contribution in [0, 0.1) is 0 Å². The fraction of sp³-hybridized carbons (Fsp3) is 0.188. The topological polar surface area (TPSA) is 83.9 Å². The molecule has 0 aliphatic heterocycles. The van der Waals surface area contributed by atoms with Crippen molar-refractivity contribution in [2.75, 3.05) is 14.1 Å². The molecule has 2 aromatic carbocycles. The van der Waals surface area contributed by atoms with Crippen LogP contribution in [0.5, 0.6) is 5.75 Å². The van der Waals surface area contributed by atoms with Gasteiger partial charge in [0.2, 0.25) is 10.0 Å². The van der Waals surface area contributed by atoms with E-state index in [4.69, 9.17) is 9.84 Å². The van der Waals surface area contributed by atoms with Crippen molar-refractivity contribution in [2.45, 2.75) is 11.5 Å². The molecular weight excluding hydrogens is 318 g/mol. The quantitative estimate of drug-likeness (QED) is 0.875. The van der Waals surface area contributed by atoms with Gasteiger partial charge in [0.15, 0.2) is 0 Å². The molecule has 0 spiro atoms. The molecule has 2 rings (SSSR count). The Hall–Kier alpha value is -2.38. The summed E-state index contributed by atoms with van der Waals surface area (Å²) in [6.45, 7) is 0.139. The van der Waals surface area contributed by atoms with E-state index in [0.717, 1.165) is 4.31 Å². The molecule has 0 atom stereocenters. The first-order chi connectivity index (χ1) is 10.8. The Bertz CT molecular complexity index is 815. The average molecular weight is 335 g/mol. The van der Waals surface area contributed by atoms with E-state index < -0.39 is 16.0 Å². The van der Waals surface area contributed by atoms with Crippen molar-refractivity contribution in [2.24, 2.45) is 0 Å². The summed E-state index contributed by atoms with van der Waals surface area (Å²) < 4.78 is 30.9. The average Bonchev–Trinajstić information content (AvgIpc) is 2.53. The molecule has 0 amide bonds. The van der Waals surface area contributed by atoms with Crippen molar-refractivity contribution in [3.63, 3.8) is 0 Å². The molecule has 23 heavy (non-hydrogen) atoms. The zero-order chi connectivity index (χ0) is 17.0. The molecule has 1 N–H and O–H groups in total. The van der Waals surface area contributed by atoms with E-state index in [1.165, 1.54) is 38.4 Å². The maximum absolute atomic E-state index is 12.1. The minimum absolute atomic E-state index is 0.131. The Morgan fingerprint density at radius 3 is 2.48 bits per heavy atom. The summed E-state index contributed by atoms with van der Waals surface area (Å²) in [4.78, 5) is 11.1. The van der Waals surface area contributed by atoms with Gasteiger partial charge in [-0.2, -0.15) is 0 Å². The van der Waals surface area contributed by atoms with Crippen LogP contribution in [-0.4, -0.2) is 37.9 Å². The number of rotatable bonds is 6. The second-order valence-corrected chi connectivity index (χ2v) is 7.21. The largest absolute Gasteiger partial charge is 0.489 e. The molecule has 0 fully saturated rings. The molecule has 6 nitrogen and oxygen atoms in total. The first-order valence-electron chi connectivity index (χ1n) is 6.78. The minimum Gasteiger partial charge on any atom is -0.489 e. The molecule has 0 aliphatic carbocycles. The summed E-state index contributed by atoms with van der Waals surface area (Å²) >= 11 is 0. The lowest BCUT2D eigenvalue weighted by Crippen LogP contribution is -2.22. The van der Waals surface area contributed by atoms with Crippen molar-refractivity contribution in [3.05, 3.63) is 59.7 Å². The van der Waals surface area contributed by atoms with Crippen molar-refractivity contribution in [1.82, 2.24) is 4.31 Å². The minimum atomic E-state index is -3.50. The highest BCUT2D eigenvalue weighted by atomic mass is 32.2. The van der Waals surface area contributed by atoms with E-state index in [-0.39, 0.29) is 17.1 Å². The normalized spacial score (nSPS) is 11.4. The number of hydrogen-bond acceptors (Lipinski definition) is 4. The first-order valence-corrected chi connectivity index (χ1v) is 8.22. The van der Waals surface area contributed by atoms with Gasteiger partial charge in [-0.3, -0.25) is 0 Å². The zero-order valence-electron chi connectivity index (χ0n) is 12.8.